The van der Waals surface area contributed by atoms with Crippen LogP contribution in [0.15, 0.2) is 50.3 Å². The SMILES string of the molecule is CC1(C)CC(N=C=O)CC(C)(CN=C=O)C1.O=C=NCC(N=C=O)c1ccccc1. The van der Waals surface area contributed by atoms with E-state index in [-0.39, 0.29) is 23.4 Å². The number of nitrogens with zero attached hydrogens (tertiary/aromatic N) is 4. The minimum atomic E-state index is -0.435. The highest BCUT2D eigenvalue weighted by molar-refractivity contribution is 5.37. The van der Waals surface area contributed by atoms with E-state index in [0.29, 0.717) is 6.54 Å². The predicted molar refractivity (Wildman–Crippen MR) is 111 cm³/mol. The molecule has 1 aliphatic rings. The Labute approximate surface area is 175 Å². The normalized spacial score (nSPS) is 22.3. The van der Waals surface area contributed by atoms with E-state index in [1.54, 1.807) is 12.2 Å². The molecule has 1 aliphatic carbocycles. The summed E-state index contributed by atoms with van der Waals surface area (Å²) in [6, 6.07) is 8.70. The number of rotatable bonds is 7. The summed E-state index contributed by atoms with van der Waals surface area (Å²) in [4.78, 5) is 55.0. The maximum absolute atomic E-state index is 10.3. The summed E-state index contributed by atoms with van der Waals surface area (Å²) >= 11 is 0. The van der Waals surface area contributed by atoms with E-state index in [1.807, 2.05) is 30.3 Å². The van der Waals surface area contributed by atoms with Gasteiger partial charge in [0, 0.05) is 0 Å². The van der Waals surface area contributed by atoms with Crippen LogP contribution < -0.4 is 0 Å². The van der Waals surface area contributed by atoms with Crippen molar-refractivity contribution in [3.8, 4) is 0 Å². The van der Waals surface area contributed by atoms with Crippen molar-refractivity contribution in [1.82, 2.24) is 0 Å². The Morgan fingerprint density at radius 3 is 2.17 bits per heavy atom. The van der Waals surface area contributed by atoms with Gasteiger partial charge < -0.3 is 0 Å². The van der Waals surface area contributed by atoms with Gasteiger partial charge in [0.25, 0.3) is 0 Å². The lowest BCUT2D eigenvalue weighted by atomic mass is 9.63. The smallest absolute Gasteiger partial charge is 0.211 e. The van der Waals surface area contributed by atoms with E-state index in [0.717, 1.165) is 24.8 Å². The number of benzene rings is 1. The first-order valence-electron chi connectivity index (χ1n) is 9.55. The van der Waals surface area contributed by atoms with Gasteiger partial charge in [0.15, 0.2) is 0 Å². The maximum atomic E-state index is 10.3. The third-order valence-corrected chi connectivity index (χ3v) is 4.90. The lowest BCUT2D eigenvalue weighted by molar-refractivity contribution is 0.0915. The third-order valence-electron chi connectivity index (χ3n) is 4.90. The minimum Gasteiger partial charge on any atom is -0.211 e. The van der Waals surface area contributed by atoms with Gasteiger partial charge in [-0.25, -0.2) is 34.2 Å². The summed E-state index contributed by atoms with van der Waals surface area (Å²) in [6.45, 7) is 6.99. The third kappa shape index (κ3) is 8.83. The van der Waals surface area contributed by atoms with Crippen LogP contribution in [0, 0.1) is 10.8 Å². The van der Waals surface area contributed by atoms with Crippen molar-refractivity contribution in [1.29, 1.82) is 0 Å². The van der Waals surface area contributed by atoms with Crippen molar-refractivity contribution >= 4 is 24.3 Å². The van der Waals surface area contributed by atoms with Gasteiger partial charge >= 0.3 is 0 Å². The van der Waals surface area contributed by atoms with Gasteiger partial charge in [-0.3, -0.25) is 0 Å². The van der Waals surface area contributed by atoms with Gasteiger partial charge in [0.05, 0.1) is 19.1 Å². The largest absolute Gasteiger partial charge is 0.235 e. The molecule has 1 fully saturated rings. The Bertz CT molecular complexity index is 876. The second-order valence-corrected chi connectivity index (χ2v) is 8.42. The van der Waals surface area contributed by atoms with E-state index in [4.69, 9.17) is 0 Å². The van der Waals surface area contributed by atoms with Crippen molar-refractivity contribution < 1.29 is 19.2 Å². The van der Waals surface area contributed by atoms with Gasteiger partial charge in [-0.15, -0.1) is 0 Å². The number of isocyanates is 4. The highest BCUT2D eigenvalue weighted by Gasteiger charge is 2.41. The van der Waals surface area contributed by atoms with E-state index < -0.39 is 6.04 Å². The summed E-state index contributed by atoms with van der Waals surface area (Å²) < 4.78 is 0. The molecule has 158 valence electrons. The zero-order valence-electron chi connectivity index (χ0n) is 17.5. The second kappa shape index (κ2) is 12.3. The average Bonchev–Trinajstić information content (AvgIpc) is 2.69. The van der Waals surface area contributed by atoms with Gasteiger partial charge in [-0.1, -0.05) is 51.1 Å². The Morgan fingerprint density at radius 1 is 0.933 bits per heavy atom. The topological polar surface area (TPSA) is 118 Å². The highest BCUT2D eigenvalue weighted by Crippen LogP contribution is 2.47. The van der Waals surface area contributed by atoms with Gasteiger partial charge in [-0.05, 0) is 35.7 Å². The molecule has 0 bridgehead atoms. The van der Waals surface area contributed by atoms with Crippen LogP contribution in [-0.4, -0.2) is 43.5 Å². The number of hydrogen-bond acceptors (Lipinski definition) is 8. The first kappa shape index (κ1) is 24.8. The molecule has 0 amide bonds. The second-order valence-electron chi connectivity index (χ2n) is 8.42. The molecule has 0 aromatic heterocycles. The number of hydrogen-bond donors (Lipinski definition) is 0. The molecule has 2 rings (SSSR count). The predicted octanol–water partition coefficient (Wildman–Crippen LogP) is 3.64. The van der Waals surface area contributed by atoms with Crippen LogP contribution in [0.3, 0.4) is 0 Å². The molecule has 30 heavy (non-hydrogen) atoms. The first-order chi connectivity index (χ1) is 14.3. The Balaban J connectivity index is 0.000000303. The number of aliphatic imine (C=N–C) groups is 4. The van der Waals surface area contributed by atoms with Crippen molar-refractivity contribution in [3.05, 3.63) is 35.9 Å². The summed E-state index contributed by atoms with van der Waals surface area (Å²) in [6.07, 6.45) is 8.75. The van der Waals surface area contributed by atoms with Gasteiger partial charge in [0.1, 0.15) is 6.04 Å². The first-order valence-corrected chi connectivity index (χ1v) is 9.55. The molecule has 3 unspecified atom stereocenters. The Kier molecular flexibility index (Phi) is 10.2. The van der Waals surface area contributed by atoms with Crippen LogP contribution in [-0.2, 0) is 19.2 Å². The summed E-state index contributed by atoms with van der Waals surface area (Å²) in [5.41, 5.74) is 0.885. The monoisotopic (exact) mass is 410 g/mol. The molecule has 8 heteroatoms. The molecule has 0 heterocycles. The summed E-state index contributed by atoms with van der Waals surface area (Å²) in [7, 11) is 0. The molecular formula is C22H26N4O4. The standard InChI is InChI=1S/C12H18N2O2.C10H8N2O2/c1-11(2)4-10(14-9-16)5-12(3,6-11)7-13-8-15;13-7-11-6-10(12-8-14)9-4-2-1-3-5-9/h10H,4-7H2,1-3H3;1-5,10H,6H2. The summed E-state index contributed by atoms with van der Waals surface area (Å²) in [5, 5.41) is 0. The van der Waals surface area contributed by atoms with Gasteiger partial charge in [-0.2, -0.15) is 4.99 Å². The fourth-order valence-corrected chi connectivity index (χ4v) is 4.17. The van der Waals surface area contributed by atoms with Crippen LogP contribution in [0.5, 0.6) is 0 Å². The molecule has 1 aromatic rings. The maximum Gasteiger partial charge on any atom is 0.235 e. The van der Waals surface area contributed by atoms with Crippen molar-refractivity contribution in [2.24, 2.45) is 30.8 Å². The Morgan fingerprint density at radius 2 is 1.60 bits per heavy atom. The molecule has 0 N–H and O–H groups in total. The lowest BCUT2D eigenvalue weighted by Crippen LogP contribution is -2.39. The zero-order valence-corrected chi connectivity index (χ0v) is 17.5. The molecule has 1 aromatic carbocycles. The molecule has 0 radical (unpaired) electrons. The molecule has 0 spiro atoms. The summed E-state index contributed by atoms with van der Waals surface area (Å²) in [5.74, 6) is 0. The van der Waals surface area contributed by atoms with E-state index in [2.05, 4.69) is 40.7 Å². The highest BCUT2D eigenvalue weighted by atomic mass is 16.1. The fourth-order valence-electron chi connectivity index (χ4n) is 4.17. The van der Waals surface area contributed by atoms with Crippen molar-refractivity contribution in [3.63, 3.8) is 0 Å². The van der Waals surface area contributed by atoms with Crippen LogP contribution in [0.25, 0.3) is 0 Å². The van der Waals surface area contributed by atoms with Crippen LogP contribution in [0.2, 0.25) is 0 Å². The van der Waals surface area contributed by atoms with Crippen LogP contribution in [0.1, 0.15) is 51.6 Å². The minimum absolute atomic E-state index is 0.00750. The van der Waals surface area contributed by atoms with Crippen LogP contribution >= 0.6 is 0 Å². The molecule has 0 saturated heterocycles. The molecule has 0 aliphatic heterocycles. The zero-order chi connectivity index (χ0) is 22.5. The van der Waals surface area contributed by atoms with E-state index >= 15 is 0 Å². The molecule has 3 atom stereocenters. The molecular weight excluding hydrogens is 384 g/mol. The quantitative estimate of drug-likeness (QED) is 0.503. The molecule has 1 saturated carbocycles. The van der Waals surface area contributed by atoms with E-state index in [1.165, 1.54) is 12.2 Å². The molecule has 8 nitrogen and oxygen atoms in total. The van der Waals surface area contributed by atoms with Crippen molar-refractivity contribution in [2.75, 3.05) is 13.1 Å². The Hall–Kier alpha value is -3.26. The van der Waals surface area contributed by atoms with Crippen LogP contribution in [0.4, 0.5) is 0 Å². The number of carbonyl (C=O) groups excluding carboxylic acids is 4. The van der Waals surface area contributed by atoms with Gasteiger partial charge in [0.2, 0.25) is 24.3 Å². The average molecular weight is 410 g/mol. The fraction of sp³-hybridized carbons (Fsp3) is 0.545. The van der Waals surface area contributed by atoms with E-state index in [9.17, 15) is 19.2 Å². The lowest BCUT2D eigenvalue weighted by Gasteiger charge is -2.44. The van der Waals surface area contributed by atoms with Crippen molar-refractivity contribution in [2.45, 2.75) is 52.1 Å².